The number of hydrogen-bond acceptors (Lipinski definition) is 3. The lowest BCUT2D eigenvalue weighted by Crippen LogP contribution is -2.43. The Labute approximate surface area is 172 Å². The average Bonchev–Trinajstić information content (AvgIpc) is 2.91. The molecule has 1 fully saturated rings. The van der Waals surface area contributed by atoms with Crippen LogP contribution in [0.25, 0.3) is 0 Å². The SMILES string of the molecule is Cc1cccc(Oc2ccc(NC(=O)[C@@H]3CC[C@](C)(C(=O)O)C3(C)C)cc2)c1C. The molecule has 2 atom stereocenters. The minimum absolute atomic E-state index is 0.136. The van der Waals surface area contributed by atoms with Gasteiger partial charge in [-0.1, -0.05) is 26.0 Å². The van der Waals surface area contributed by atoms with E-state index in [0.717, 1.165) is 11.3 Å². The van der Waals surface area contributed by atoms with E-state index in [9.17, 15) is 14.7 Å². The van der Waals surface area contributed by atoms with Gasteiger partial charge in [-0.2, -0.15) is 0 Å². The number of aliphatic carboxylic acids is 1. The van der Waals surface area contributed by atoms with Gasteiger partial charge in [0.25, 0.3) is 0 Å². The monoisotopic (exact) mass is 395 g/mol. The number of carbonyl (C=O) groups excluding carboxylic acids is 1. The van der Waals surface area contributed by atoms with Gasteiger partial charge in [0.15, 0.2) is 0 Å². The summed E-state index contributed by atoms with van der Waals surface area (Å²) in [4.78, 5) is 24.6. The maximum atomic E-state index is 12.9. The van der Waals surface area contributed by atoms with Gasteiger partial charge < -0.3 is 15.2 Å². The van der Waals surface area contributed by atoms with Crippen LogP contribution in [0.1, 0.15) is 44.7 Å². The van der Waals surface area contributed by atoms with Crippen molar-refractivity contribution in [3.8, 4) is 11.5 Å². The molecular weight excluding hydrogens is 366 g/mol. The third kappa shape index (κ3) is 3.74. The number of carboxylic acids is 1. The van der Waals surface area contributed by atoms with Crippen molar-refractivity contribution in [1.29, 1.82) is 0 Å². The maximum Gasteiger partial charge on any atom is 0.309 e. The van der Waals surface area contributed by atoms with Crippen molar-refractivity contribution in [2.45, 2.75) is 47.5 Å². The molecule has 0 aromatic heterocycles. The second kappa shape index (κ2) is 7.54. The van der Waals surface area contributed by atoms with E-state index >= 15 is 0 Å². The average molecular weight is 395 g/mol. The van der Waals surface area contributed by atoms with E-state index in [1.54, 1.807) is 19.1 Å². The number of carbonyl (C=O) groups is 2. The van der Waals surface area contributed by atoms with Crippen molar-refractivity contribution in [2.24, 2.45) is 16.7 Å². The predicted molar refractivity (Wildman–Crippen MR) is 113 cm³/mol. The first-order valence-corrected chi connectivity index (χ1v) is 9.94. The maximum absolute atomic E-state index is 12.9. The van der Waals surface area contributed by atoms with Gasteiger partial charge in [0.2, 0.25) is 5.91 Å². The molecule has 0 heterocycles. The van der Waals surface area contributed by atoms with Crippen LogP contribution in [0, 0.1) is 30.6 Å². The highest BCUT2D eigenvalue weighted by Gasteiger charge is 2.58. The van der Waals surface area contributed by atoms with Gasteiger partial charge in [-0.3, -0.25) is 9.59 Å². The lowest BCUT2D eigenvalue weighted by atomic mass is 9.65. The number of hydrogen-bond donors (Lipinski definition) is 2. The molecule has 0 unspecified atom stereocenters. The van der Waals surface area contributed by atoms with Crippen LogP contribution < -0.4 is 10.1 Å². The molecule has 154 valence electrons. The zero-order valence-corrected chi connectivity index (χ0v) is 17.7. The fraction of sp³-hybridized carbons (Fsp3) is 0.417. The molecule has 1 aliphatic carbocycles. The summed E-state index contributed by atoms with van der Waals surface area (Å²) in [5.74, 6) is 0.169. The van der Waals surface area contributed by atoms with Crippen LogP contribution in [-0.2, 0) is 9.59 Å². The normalized spacial score (nSPS) is 22.9. The molecule has 1 amide bonds. The van der Waals surface area contributed by atoms with Crippen molar-refractivity contribution in [1.82, 2.24) is 0 Å². The zero-order valence-electron chi connectivity index (χ0n) is 17.7. The van der Waals surface area contributed by atoms with Crippen molar-refractivity contribution in [3.63, 3.8) is 0 Å². The molecule has 1 aliphatic rings. The Bertz CT molecular complexity index is 932. The smallest absolute Gasteiger partial charge is 0.309 e. The van der Waals surface area contributed by atoms with Gasteiger partial charge in [0, 0.05) is 11.6 Å². The molecule has 1 saturated carbocycles. The van der Waals surface area contributed by atoms with Crippen LogP contribution in [0.4, 0.5) is 5.69 Å². The number of amides is 1. The molecule has 3 rings (SSSR count). The molecule has 0 bridgehead atoms. The van der Waals surface area contributed by atoms with Crippen LogP contribution >= 0.6 is 0 Å². The summed E-state index contributed by atoms with van der Waals surface area (Å²) in [6.07, 6.45) is 1.06. The molecule has 2 N–H and O–H groups in total. The minimum atomic E-state index is -0.904. The first-order valence-electron chi connectivity index (χ1n) is 9.94. The van der Waals surface area contributed by atoms with Gasteiger partial charge in [-0.25, -0.2) is 0 Å². The van der Waals surface area contributed by atoms with Crippen molar-refractivity contribution in [3.05, 3.63) is 53.6 Å². The van der Waals surface area contributed by atoms with Crippen LogP contribution in [0.2, 0.25) is 0 Å². The van der Waals surface area contributed by atoms with Crippen molar-refractivity contribution in [2.75, 3.05) is 5.32 Å². The summed E-state index contributed by atoms with van der Waals surface area (Å²) in [5, 5.41) is 12.6. The fourth-order valence-electron chi connectivity index (χ4n) is 4.14. The molecule has 0 saturated heterocycles. The van der Waals surface area contributed by atoms with E-state index in [4.69, 9.17) is 4.74 Å². The highest BCUT2D eigenvalue weighted by molar-refractivity contribution is 5.94. The van der Waals surface area contributed by atoms with Crippen LogP contribution in [0.15, 0.2) is 42.5 Å². The lowest BCUT2D eigenvalue weighted by molar-refractivity contribution is -0.154. The van der Waals surface area contributed by atoms with E-state index in [0.29, 0.717) is 24.3 Å². The third-order valence-corrected chi connectivity index (χ3v) is 6.92. The van der Waals surface area contributed by atoms with Crippen LogP contribution in [0.3, 0.4) is 0 Å². The van der Waals surface area contributed by atoms with E-state index in [1.807, 2.05) is 58.0 Å². The van der Waals surface area contributed by atoms with E-state index < -0.39 is 16.8 Å². The molecule has 5 heteroatoms. The van der Waals surface area contributed by atoms with E-state index in [2.05, 4.69) is 5.32 Å². The lowest BCUT2D eigenvalue weighted by Gasteiger charge is -2.37. The number of carboxylic acid groups (broad SMARTS) is 1. The van der Waals surface area contributed by atoms with Gasteiger partial charge in [-0.15, -0.1) is 0 Å². The van der Waals surface area contributed by atoms with Gasteiger partial charge in [0.1, 0.15) is 11.5 Å². The molecular formula is C24H29NO4. The summed E-state index contributed by atoms with van der Waals surface area (Å²) in [7, 11) is 0. The number of aryl methyl sites for hydroxylation is 1. The number of ether oxygens (including phenoxy) is 1. The molecule has 5 nitrogen and oxygen atoms in total. The third-order valence-electron chi connectivity index (χ3n) is 6.92. The molecule has 2 aromatic rings. The van der Waals surface area contributed by atoms with Gasteiger partial charge in [0.05, 0.1) is 5.41 Å². The first kappa shape index (κ1) is 20.9. The van der Waals surface area contributed by atoms with Crippen LogP contribution in [-0.4, -0.2) is 17.0 Å². The minimum Gasteiger partial charge on any atom is -0.481 e. The highest BCUT2D eigenvalue weighted by Crippen LogP contribution is 2.56. The number of nitrogens with one attached hydrogen (secondary N) is 1. The van der Waals surface area contributed by atoms with Crippen LogP contribution in [0.5, 0.6) is 11.5 Å². The number of rotatable bonds is 5. The quantitative estimate of drug-likeness (QED) is 0.695. The predicted octanol–water partition coefficient (Wildman–Crippen LogP) is 5.56. The Morgan fingerprint density at radius 3 is 2.31 bits per heavy atom. The van der Waals surface area contributed by atoms with E-state index in [-0.39, 0.29) is 11.8 Å². The fourth-order valence-corrected chi connectivity index (χ4v) is 4.14. The van der Waals surface area contributed by atoms with E-state index in [1.165, 1.54) is 5.56 Å². The summed E-state index contributed by atoms with van der Waals surface area (Å²) in [6, 6.07) is 13.2. The first-order chi connectivity index (χ1) is 13.6. The number of anilines is 1. The Balaban J connectivity index is 1.69. The highest BCUT2D eigenvalue weighted by atomic mass is 16.5. The van der Waals surface area contributed by atoms with Gasteiger partial charge >= 0.3 is 5.97 Å². The topological polar surface area (TPSA) is 75.6 Å². The largest absolute Gasteiger partial charge is 0.481 e. The Hall–Kier alpha value is -2.82. The second-order valence-corrected chi connectivity index (χ2v) is 8.76. The summed E-state index contributed by atoms with van der Waals surface area (Å²) < 4.78 is 5.96. The molecule has 0 aliphatic heterocycles. The number of benzene rings is 2. The summed E-state index contributed by atoms with van der Waals surface area (Å²) in [6.45, 7) is 9.55. The van der Waals surface area contributed by atoms with Crippen molar-refractivity contribution < 1.29 is 19.4 Å². The Kier molecular flexibility index (Phi) is 5.44. The Morgan fingerprint density at radius 1 is 1.07 bits per heavy atom. The molecule has 29 heavy (non-hydrogen) atoms. The molecule has 2 aromatic carbocycles. The zero-order chi connectivity index (χ0) is 21.4. The second-order valence-electron chi connectivity index (χ2n) is 8.76. The Morgan fingerprint density at radius 2 is 1.72 bits per heavy atom. The van der Waals surface area contributed by atoms with Crippen molar-refractivity contribution >= 4 is 17.6 Å². The van der Waals surface area contributed by atoms with Gasteiger partial charge in [-0.05, 0) is 80.5 Å². The summed E-state index contributed by atoms with van der Waals surface area (Å²) >= 11 is 0. The molecule has 0 spiro atoms. The molecule has 0 radical (unpaired) electrons. The summed E-state index contributed by atoms with van der Waals surface area (Å²) in [5.41, 5.74) is 1.39. The standard InChI is InChI=1S/C24H29NO4/c1-15-7-6-8-20(16(15)2)29-18-11-9-17(10-12-18)25-21(26)19-13-14-24(5,22(27)28)23(19,3)4/h6-12,19H,13-14H2,1-5H3,(H,25,26)(H,27,28)/t19-,24+/m0/s1.